The molecule has 3 aromatic carbocycles. The maximum atomic E-state index is 12.4. The molecule has 0 atom stereocenters. The van der Waals surface area contributed by atoms with Gasteiger partial charge in [0, 0.05) is 12.5 Å². The number of hydrogen-bond acceptors (Lipinski definition) is 6. The van der Waals surface area contributed by atoms with E-state index in [0.717, 1.165) is 5.75 Å². The Morgan fingerprint density at radius 3 is 2.65 bits per heavy atom. The van der Waals surface area contributed by atoms with Crippen LogP contribution in [0.5, 0.6) is 5.75 Å². The summed E-state index contributed by atoms with van der Waals surface area (Å²) >= 11 is 0. The van der Waals surface area contributed by atoms with Gasteiger partial charge in [0.15, 0.2) is 5.58 Å². The third kappa shape index (κ3) is 4.87. The van der Waals surface area contributed by atoms with Crippen LogP contribution >= 0.6 is 0 Å². The third-order valence-corrected chi connectivity index (χ3v) is 4.57. The molecule has 0 bridgehead atoms. The zero-order valence-electron chi connectivity index (χ0n) is 16.5. The standard InChI is InChI=1S/C23H19N3O5/c27-22(11-6-14-30-17-7-2-1-3-8-17)24-19-10-5-4-9-18(19)23-25-20-13-12-16(26(28)29)15-21(20)31-23/h1-5,7-10,12-13,15H,6,11,14H2,(H,24,27). The summed E-state index contributed by atoms with van der Waals surface area (Å²) in [6.07, 6.45) is 0.858. The molecule has 8 heteroatoms. The fraction of sp³-hybridized carbons (Fsp3) is 0.130. The molecule has 1 amide bonds. The van der Waals surface area contributed by atoms with Crippen LogP contribution in [0, 0.1) is 10.1 Å². The van der Waals surface area contributed by atoms with Crippen LogP contribution < -0.4 is 10.1 Å². The highest BCUT2D eigenvalue weighted by Crippen LogP contribution is 2.31. The van der Waals surface area contributed by atoms with Crippen molar-refractivity contribution in [3.8, 4) is 17.2 Å². The summed E-state index contributed by atoms with van der Waals surface area (Å²) in [6, 6.07) is 20.8. The average molecular weight is 417 g/mol. The van der Waals surface area contributed by atoms with Crippen LogP contribution in [0.2, 0.25) is 0 Å². The first-order valence-electron chi connectivity index (χ1n) is 9.72. The molecule has 0 saturated carbocycles. The molecule has 0 spiro atoms. The number of nitrogens with one attached hydrogen (secondary N) is 1. The largest absolute Gasteiger partial charge is 0.494 e. The van der Waals surface area contributed by atoms with E-state index in [0.29, 0.717) is 41.8 Å². The Balaban J connectivity index is 1.43. The van der Waals surface area contributed by atoms with Crippen molar-refractivity contribution in [1.29, 1.82) is 0 Å². The number of benzene rings is 3. The number of carbonyl (C=O) groups excluding carboxylic acids is 1. The molecule has 4 aromatic rings. The predicted molar refractivity (Wildman–Crippen MR) is 116 cm³/mol. The minimum atomic E-state index is -0.489. The lowest BCUT2D eigenvalue weighted by Crippen LogP contribution is -2.13. The SMILES string of the molecule is O=C(CCCOc1ccccc1)Nc1ccccc1-c1nc2ccc([N+](=O)[O-])cc2o1. The number of nitrogens with zero attached hydrogens (tertiary/aromatic N) is 2. The van der Waals surface area contributed by atoms with Gasteiger partial charge in [0.05, 0.1) is 28.8 Å². The smallest absolute Gasteiger partial charge is 0.273 e. The Hall–Kier alpha value is -4.20. The van der Waals surface area contributed by atoms with Gasteiger partial charge >= 0.3 is 0 Å². The van der Waals surface area contributed by atoms with E-state index >= 15 is 0 Å². The molecule has 0 aliphatic heterocycles. The Kier molecular flexibility index (Phi) is 5.89. The number of hydrogen-bond donors (Lipinski definition) is 1. The van der Waals surface area contributed by atoms with E-state index in [1.165, 1.54) is 18.2 Å². The van der Waals surface area contributed by atoms with Gasteiger partial charge in [-0.25, -0.2) is 4.98 Å². The van der Waals surface area contributed by atoms with Crippen molar-refractivity contribution < 1.29 is 18.9 Å². The van der Waals surface area contributed by atoms with E-state index in [4.69, 9.17) is 9.15 Å². The van der Waals surface area contributed by atoms with Crippen molar-refractivity contribution in [3.63, 3.8) is 0 Å². The lowest BCUT2D eigenvalue weighted by molar-refractivity contribution is -0.384. The first kappa shape index (κ1) is 20.1. The predicted octanol–water partition coefficient (Wildman–Crippen LogP) is 5.20. The summed E-state index contributed by atoms with van der Waals surface area (Å²) in [6.45, 7) is 0.434. The van der Waals surface area contributed by atoms with Crippen molar-refractivity contribution >= 4 is 28.4 Å². The van der Waals surface area contributed by atoms with Crippen LogP contribution in [0.15, 0.2) is 77.2 Å². The molecule has 0 aliphatic rings. The fourth-order valence-corrected chi connectivity index (χ4v) is 3.07. The Bertz CT molecular complexity index is 1220. The molecule has 1 heterocycles. The molecule has 0 unspecified atom stereocenters. The van der Waals surface area contributed by atoms with Gasteiger partial charge in [-0.05, 0) is 36.8 Å². The molecule has 1 aromatic heterocycles. The third-order valence-electron chi connectivity index (χ3n) is 4.57. The summed E-state index contributed by atoms with van der Waals surface area (Å²) in [4.78, 5) is 27.3. The molecule has 4 rings (SSSR count). The van der Waals surface area contributed by atoms with Crippen molar-refractivity contribution in [2.45, 2.75) is 12.8 Å². The van der Waals surface area contributed by atoms with Crippen LogP contribution in [0.3, 0.4) is 0 Å². The summed E-state index contributed by atoms with van der Waals surface area (Å²) in [5, 5.41) is 13.9. The molecule has 31 heavy (non-hydrogen) atoms. The van der Waals surface area contributed by atoms with Gasteiger partial charge in [0.1, 0.15) is 11.3 Å². The van der Waals surface area contributed by atoms with E-state index in [1.54, 1.807) is 24.3 Å². The van der Waals surface area contributed by atoms with E-state index in [9.17, 15) is 14.9 Å². The number of rotatable bonds is 8. The average Bonchev–Trinajstić information content (AvgIpc) is 3.21. The first-order valence-corrected chi connectivity index (χ1v) is 9.72. The molecule has 156 valence electrons. The summed E-state index contributed by atoms with van der Waals surface area (Å²) in [5.41, 5.74) is 1.88. The molecular weight excluding hydrogens is 398 g/mol. The Morgan fingerprint density at radius 2 is 1.84 bits per heavy atom. The van der Waals surface area contributed by atoms with Crippen molar-refractivity contribution in [1.82, 2.24) is 4.98 Å². The van der Waals surface area contributed by atoms with Crippen molar-refractivity contribution in [2.75, 3.05) is 11.9 Å². The highest BCUT2D eigenvalue weighted by molar-refractivity contribution is 5.95. The zero-order valence-corrected chi connectivity index (χ0v) is 16.5. The lowest BCUT2D eigenvalue weighted by atomic mass is 10.1. The number of nitro benzene ring substituents is 1. The number of amides is 1. The molecule has 0 radical (unpaired) electrons. The second kappa shape index (κ2) is 9.08. The minimum absolute atomic E-state index is 0.0745. The number of oxazole rings is 1. The van der Waals surface area contributed by atoms with E-state index < -0.39 is 4.92 Å². The maximum Gasteiger partial charge on any atom is 0.273 e. The van der Waals surface area contributed by atoms with Gasteiger partial charge in [-0.3, -0.25) is 14.9 Å². The van der Waals surface area contributed by atoms with E-state index in [2.05, 4.69) is 10.3 Å². The van der Waals surface area contributed by atoms with Gasteiger partial charge in [-0.2, -0.15) is 0 Å². The van der Waals surface area contributed by atoms with Crippen LogP contribution in [0.1, 0.15) is 12.8 Å². The summed E-state index contributed by atoms with van der Waals surface area (Å²) in [7, 11) is 0. The van der Waals surface area contributed by atoms with Gasteiger partial charge in [-0.15, -0.1) is 0 Å². The number of para-hydroxylation sites is 2. The maximum absolute atomic E-state index is 12.4. The number of aromatic nitrogens is 1. The van der Waals surface area contributed by atoms with Crippen molar-refractivity contribution in [3.05, 3.63) is 82.9 Å². The number of fused-ring (bicyclic) bond motifs is 1. The molecule has 8 nitrogen and oxygen atoms in total. The number of nitro groups is 1. The van der Waals surface area contributed by atoms with Crippen LogP contribution in [0.4, 0.5) is 11.4 Å². The number of carbonyl (C=O) groups is 1. The number of non-ortho nitro benzene ring substituents is 1. The second-order valence-electron chi connectivity index (χ2n) is 6.79. The highest BCUT2D eigenvalue weighted by atomic mass is 16.6. The molecular formula is C23H19N3O5. The Morgan fingerprint density at radius 1 is 1.06 bits per heavy atom. The van der Waals surface area contributed by atoms with Crippen LogP contribution in [-0.2, 0) is 4.79 Å². The highest BCUT2D eigenvalue weighted by Gasteiger charge is 2.16. The zero-order chi connectivity index (χ0) is 21.6. The summed E-state index contributed by atoms with van der Waals surface area (Å²) < 4.78 is 11.3. The number of ether oxygens (including phenoxy) is 1. The lowest BCUT2D eigenvalue weighted by Gasteiger charge is -2.09. The molecule has 0 fully saturated rings. The second-order valence-corrected chi connectivity index (χ2v) is 6.79. The van der Waals surface area contributed by atoms with Gasteiger partial charge < -0.3 is 14.5 Å². The molecule has 0 saturated heterocycles. The topological polar surface area (TPSA) is 108 Å². The quantitative estimate of drug-likeness (QED) is 0.240. The van der Waals surface area contributed by atoms with Gasteiger partial charge in [0.25, 0.3) is 5.69 Å². The van der Waals surface area contributed by atoms with Crippen LogP contribution in [0.25, 0.3) is 22.6 Å². The van der Waals surface area contributed by atoms with Crippen LogP contribution in [-0.4, -0.2) is 22.4 Å². The monoisotopic (exact) mass is 417 g/mol. The Labute approximate surface area is 177 Å². The fourth-order valence-electron chi connectivity index (χ4n) is 3.07. The minimum Gasteiger partial charge on any atom is -0.494 e. The first-order chi connectivity index (χ1) is 15.1. The van der Waals surface area contributed by atoms with Gasteiger partial charge in [-0.1, -0.05) is 30.3 Å². The normalized spacial score (nSPS) is 10.7. The molecule has 0 aliphatic carbocycles. The summed E-state index contributed by atoms with van der Waals surface area (Å²) in [5.74, 6) is 0.888. The molecule has 1 N–H and O–H groups in total. The van der Waals surface area contributed by atoms with E-state index in [1.807, 2.05) is 30.3 Å². The van der Waals surface area contributed by atoms with Gasteiger partial charge in [0.2, 0.25) is 11.8 Å². The van der Waals surface area contributed by atoms with E-state index in [-0.39, 0.29) is 17.5 Å². The number of anilines is 1. The van der Waals surface area contributed by atoms with Crippen molar-refractivity contribution in [2.24, 2.45) is 0 Å².